The fourth-order valence-electron chi connectivity index (χ4n) is 1.73. The van der Waals surface area contributed by atoms with Crippen molar-refractivity contribution in [2.45, 2.75) is 49.8 Å². The van der Waals surface area contributed by atoms with Crippen LogP contribution in [0.15, 0.2) is 17.3 Å². The van der Waals surface area contributed by atoms with E-state index in [2.05, 4.69) is 37.4 Å². The summed E-state index contributed by atoms with van der Waals surface area (Å²) in [6.45, 7) is 7.84. The minimum atomic E-state index is 0.584. The summed E-state index contributed by atoms with van der Waals surface area (Å²) in [5.74, 6) is 0. The Morgan fingerprint density at radius 3 is 2.75 bits per heavy atom. The number of hydrogen-bond acceptors (Lipinski definition) is 3. The SMILES string of the molecule is CCCNC(CC)C(C)Sc1cnn(C)c1. The molecule has 1 heterocycles. The highest BCUT2D eigenvalue weighted by atomic mass is 32.2. The molecular weight excluding hydrogens is 218 g/mol. The Balaban J connectivity index is 2.45. The molecule has 0 fully saturated rings. The summed E-state index contributed by atoms with van der Waals surface area (Å²) in [7, 11) is 1.96. The topological polar surface area (TPSA) is 29.9 Å². The molecule has 0 bridgehead atoms. The standard InChI is InChI=1S/C12H23N3S/c1-5-7-13-12(6-2)10(3)16-11-8-14-15(4)9-11/h8-10,12-13H,5-7H2,1-4H3. The lowest BCUT2D eigenvalue weighted by molar-refractivity contribution is 0.494. The molecule has 3 nitrogen and oxygen atoms in total. The zero-order valence-electron chi connectivity index (χ0n) is 10.7. The van der Waals surface area contributed by atoms with Gasteiger partial charge in [0, 0.05) is 29.4 Å². The van der Waals surface area contributed by atoms with E-state index in [1.807, 2.05) is 29.7 Å². The van der Waals surface area contributed by atoms with Crippen molar-refractivity contribution < 1.29 is 0 Å². The van der Waals surface area contributed by atoms with Gasteiger partial charge in [0.25, 0.3) is 0 Å². The molecule has 1 N–H and O–H groups in total. The quantitative estimate of drug-likeness (QED) is 0.744. The Labute approximate surface area is 103 Å². The number of aryl methyl sites for hydroxylation is 1. The number of nitrogens with zero attached hydrogens (tertiary/aromatic N) is 2. The van der Waals surface area contributed by atoms with Gasteiger partial charge in [-0.25, -0.2) is 0 Å². The van der Waals surface area contributed by atoms with Crippen LogP contribution in [0, 0.1) is 0 Å². The molecule has 0 aliphatic rings. The van der Waals surface area contributed by atoms with E-state index in [0.29, 0.717) is 11.3 Å². The fourth-order valence-corrected chi connectivity index (χ4v) is 2.93. The van der Waals surface area contributed by atoms with E-state index in [1.165, 1.54) is 17.7 Å². The molecular formula is C12H23N3S. The Morgan fingerprint density at radius 1 is 1.50 bits per heavy atom. The highest BCUT2D eigenvalue weighted by Gasteiger charge is 2.16. The Bertz CT molecular complexity index is 298. The third-order valence-electron chi connectivity index (χ3n) is 2.67. The number of thioether (sulfide) groups is 1. The average Bonchev–Trinajstić information content (AvgIpc) is 2.65. The Hall–Kier alpha value is -0.480. The lowest BCUT2D eigenvalue weighted by Crippen LogP contribution is -2.36. The first-order valence-corrected chi connectivity index (χ1v) is 6.94. The predicted octanol–water partition coefficient (Wildman–Crippen LogP) is 2.68. The van der Waals surface area contributed by atoms with Crippen LogP contribution in [0.3, 0.4) is 0 Å². The molecule has 4 heteroatoms. The van der Waals surface area contributed by atoms with Gasteiger partial charge in [-0.15, -0.1) is 11.8 Å². The van der Waals surface area contributed by atoms with Crippen LogP contribution in [0.4, 0.5) is 0 Å². The zero-order chi connectivity index (χ0) is 12.0. The second-order valence-electron chi connectivity index (χ2n) is 4.14. The Kier molecular flexibility index (Phi) is 5.91. The second kappa shape index (κ2) is 6.97. The van der Waals surface area contributed by atoms with Gasteiger partial charge in [-0.1, -0.05) is 20.8 Å². The molecule has 0 aliphatic carbocycles. The molecule has 92 valence electrons. The van der Waals surface area contributed by atoms with E-state index < -0.39 is 0 Å². The van der Waals surface area contributed by atoms with Crippen LogP contribution in [-0.2, 0) is 7.05 Å². The molecule has 0 aromatic carbocycles. The molecule has 2 atom stereocenters. The van der Waals surface area contributed by atoms with Gasteiger partial charge >= 0.3 is 0 Å². The molecule has 0 aliphatic heterocycles. The van der Waals surface area contributed by atoms with Crippen LogP contribution in [-0.4, -0.2) is 27.6 Å². The lowest BCUT2D eigenvalue weighted by Gasteiger charge is -2.22. The summed E-state index contributed by atoms with van der Waals surface area (Å²) >= 11 is 1.90. The maximum atomic E-state index is 4.19. The number of hydrogen-bond donors (Lipinski definition) is 1. The van der Waals surface area contributed by atoms with Crippen molar-refractivity contribution in [2.75, 3.05) is 6.54 Å². The number of rotatable bonds is 7. The summed E-state index contributed by atoms with van der Waals surface area (Å²) in [5, 5.41) is 8.37. The van der Waals surface area contributed by atoms with Gasteiger partial charge < -0.3 is 5.32 Å². The van der Waals surface area contributed by atoms with Crippen LogP contribution in [0.5, 0.6) is 0 Å². The molecule has 0 amide bonds. The van der Waals surface area contributed by atoms with Crippen molar-refractivity contribution in [3.63, 3.8) is 0 Å². The third-order valence-corrected chi connectivity index (χ3v) is 3.85. The van der Waals surface area contributed by atoms with Gasteiger partial charge in [-0.2, -0.15) is 5.10 Å². The minimum absolute atomic E-state index is 0.584. The smallest absolute Gasteiger partial charge is 0.0625 e. The molecule has 1 aromatic heterocycles. The van der Waals surface area contributed by atoms with Crippen molar-refractivity contribution in [1.29, 1.82) is 0 Å². The third kappa shape index (κ3) is 4.18. The zero-order valence-corrected chi connectivity index (χ0v) is 11.5. The van der Waals surface area contributed by atoms with Gasteiger partial charge in [-0.3, -0.25) is 4.68 Å². The van der Waals surface area contributed by atoms with Crippen LogP contribution in [0.1, 0.15) is 33.6 Å². The van der Waals surface area contributed by atoms with Crippen molar-refractivity contribution in [1.82, 2.24) is 15.1 Å². The van der Waals surface area contributed by atoms with Gasteiger partial charge in [0.1, 0.15) is 0 Å². The summed E-state index contributed by atoms with van der Waals surface area (Å²) in [4.78, 5) is 1.26. The average molecular weight is 241 g/mol. The highest BCUT2D eigenvalue weighted by Crippen LogP contribution is 2.25. The second-order valence-corrected chi connectivity index (χ2v) is 5.59. The molecule has 2 unspecified atom stereocenters. The van der Waals surface area contributed by atoms with E-state index in [-0.39, 0.29) is 0 Å². The van der Waals surface area contributed by atoms with E-state index in [0.717, 1.165) is 6.54 Å². The van der Waals surface area contributed by atoms with Crippen molar-refractivity contribution in [3.8, 4) is 0 Å². The fraction of sp³-hybridized carbons (Fsp3) is 0.750. The van der Waals surface area contributed by atoms with E-state index in [4.69, 9.17) is 0 Å². The molecule has 0 saturated heterocycles. The van der Waals surface area contributed by atoms with Gasteiger partial charge in [0.15, 0.2) is 0 Å². The molecule has 0 spiro atoms. The summed E-state index contributed by atoms with van der Waals surface area (Å²) in [5.41, 5.74) is 0. The summed E-state index contributed by atoms with van der Waals surface area (Å²) < 4.78 is 1.86. The van der Waals surface area contributed by atoms with Crippen molar-refractivity contribution in [2.24, 2.45) is 7.05 Å². The lowest BCUT2D eigenvalue weighted by atomic mass is 10.1. The van der Waals surface area contributed by atoms with Gasteiger partial charge in [-0.05, 0) is 19.4 Å². The van der Waals surface area contributed by atoms with Crippen LogP contribution < -0.4 is 5.32 Å². The van der Waals surface area contributed by atoms with Gasteiger partial charge in [0.2, 0.25) is 0 Å². The maximum absolute atomic E-state index is 4.19. The minimum Gasteiger partial charge on any atom is -0.313 e. The predicted molar refractivity (Wildman–Crippen MR) is 70.9 cm³/mol. The van der Waals surface area contributed by atoms with Crippen LogP contribution in [0.2, 0.25) is 0 Å². The first-order valence-electron chi connectivity index (χ1n) is 6.06. The van der Waals surface area contributed by atoms with Crippen molar-refractivity contribution in [3.05, 3.63) is 12.4 Å². The van der Waals surface area contributed by atoms with Crippen molar-refractivity contribution >= 4 is 11.8 Å². The van der Waals surface area contributed by atoms with Gasteiger partial charge in [0.05, 0.1) is 6.20 Å². The summed E-state index contributed by atoms with van der Waals surface area (Å²) in [6, 6.07) is 0.588. The van der Waals surface area contributed by atoms with E-state index in [1.54, 1.807) is 0 Å². The normalized spacial score (nSPS) is 15.0. The number of nitrogens with one attached hydrogen (secondary N) is 1. The maximum Gasteiger partial charge on any atom is 0.0625 e. The van der Waals surface area contributed by atoms with Crippen LogP contribution in [0.25, 0.3) is 0 Å². The summed E-state index contributed by atoms with van der Waals surface area (Å²) in [6.07, 6.45) is 6.39. The Morgan fingerprint density at radius 2 is 2.25 bits per heavy atom. The van der Waals surface area contributed by atoms with E-state index in [9.17, 15) is 0 Å². The first-order chi connectivity index (χ1) is 7.67. The number of aromatic nitrogens is 2. The molecule has 0 radical (unpaired) electrons. The van der Waals surface area contributed by atoms with E-state index >= 15 is 0 Å². The molecule has 1 rings (SSSR count). The first kappa shape index (κ1) is 13.6. The molecule has 0 saturated carbocycles. The molecule has 1 aromatic rings. The highest BCUT2D eigenvalue weighted by molar-refractivity contribution is 8.00. The largest absolute Gasteiger partial charge is 0.313 e. The monoisotopic (exact) mass is 241 g/mol. The van der Waals surface area contributed by atoms with Crippen LogP contribution >= 0.6 is 11.8 Å². The molecule has 16 heavy (non-hydrogen) atoms.